The van der Waals surface area contributed by atoms with Gasteiger partial charge in [-0.1, -0.05) is 0 Å². The lowest BCUT2D eigenvalue weighted by molar-refractivity contribution is 0.0473. The molecule has 0 saturated heterocycles. The number of nitrogens with zero attached hydrogens (tertiary/aromatic N) is 2. The monoisotopic (exact) mass is 377 g/mol. The van der Waals surface area contributed by atoms with Gasteiger partial charge >= 0.3 is 11.7 Å². The fraction of sp³-hybridized carbons (Fsp3) is 0.294. The predicted molar refractivity (Wildman–Crippen MR) is 95.5 cm³/mol. The number of rotatable bonds is 6. The highest BCUT2D eigenvalue weighted by Crippen LogP contribution is 2.23. The normalized spacial score (nSPS) is 10.4. The van der Waals surface area contributed by atoms with Crippen LogP contribution in [0.3, 0.4) is 0 Å². The molecule has 0 unspecified atom stereocenters. The van der Waals surface area contributed by atoms with Crippen molar-refractivity contribution in [2.75, 3.05) is 26.6 Å². The van der Waals surface area contributed by atoms with Gasteiger partial charge < -0.3 is 19.9 Å². The Labute approximate surface area is 153 Å². The topological polar surface area (TPSA) is 132 Å². The van der Waals surface area contributed by atoms with Gasteiger partial charge in [-0.05, 0) is 12.1 Å². The van der Waals surface area contributed by atoms with E-state index in [2.05, 4.69) is 0 Å². The third kappa shape index (κ3) is 3.84. The SMILES string of the molecule is COc1cc(OC)cc(C(=O)OCC(=O)c2c(N)n(C)c(=O)n(C)c2=O)c1. The molecule has 2 aromatic rings. The van der Waals surface area contributed by atoms with Crippen molar-refractivity contribution >= 4 is 17.6 Å². The molecule has 1 aromatic heterocycles. The van der Waals surface area contributed by atoms with Crippen LogP contribution in [0.15, 0.2) is 27.8 Å². The summed E-state index contributed by atoms with van der Waals surface area (Å²) < 4.78 is 16.8. The maximum atomic E-state index is 12.3. The van der Waals surface area contributed by atoms with Gasteiger partial charge in [0.15, 0.2) is 6.61 Å². The van der Waals surface area contributed by atoms with Crippen LogP contribution < -0.4 is 26.5 Å². The lowest BCUT2D eigenvalue weighted by Crippen LogP contribution is -2.42. The van der Waals surface area contributed by atoms with E-state index in [1.54, 1.807) is 6.07 Å². The third-order valence-corrected chi connectivity index (χ3v) is 3.91. The molecule has 27 heavy (non-hydrogen) atoms. The number of carbonyl (C=O) groups excluding carboxylic acids is 2. The average Bonchev–Trinajstić information content (AvgIpc) is 2.68. The molecule has 0 aliphatic heterocycles. The third-order valence-electron chi connectivity index (χ3n) is 3.91. The number of nitrogens with two attached hydrogens (primary N) is 1. The van der Waals surface area contributed by atoms with Crippen molar-refractivity contribution in [3.05, 3.63) is 50.2 Å². The Kier molecular flexibility index (Phi) is 5.69. The molecule has 0 bridgehead atoms. The molecule has 0 aliphatic rings. The Bertz CT molecular complexity index is 998. The fourth-order valence-corrected chi connectivity index (χ4v) is 2.33. The minimum atomic E-state index is -0.861. The van der Waals surface area contributed by atoms with Crippen molar-refractivity contribution in [3.8, 4) is 11.5 Å². The van der Waals surface area contributed by atoms with E-state index in [-0.39, 0.29) is 11.4 Å². The number of ketones is 1. The van der Waals surface area contributed by atoms with Crippen molar-refractivity contribution in [1.29, 1.82) is 0 Å². The molecular weight excluding hydrogens is 358 g/mol. The Morgan fingerprint density at radius 3 is 2.07 bits per heavy atom. The molecule has 1 heterocycles. The molecular formula is C17H19N3O7. The van der Waals surface area contributed by atoms with Crippen LogP contribution in [0, 0.1) is 0 Å². The molecule has 144 valence electrons. The smallest absolute Gasteiger partial charge is 0.338 e. The summed E-state index contributed by atoms with van der Waals surface area (Å²) in [5.41, 5.74) is 3.85. The zero-order valence-electron chi connectivity index (χ0n) is 15.3. The van der Waals surface area contributed by atoms with Crippen molar-refractivity contribution in [2.24, 2.45) is 14.1 Å². The van der Waals surface area contributed by atoms with Crippen molar-refractivity contribution in [3.63, 3.8) is 0 Å². The molecule has 0 aliphatic carbocycles. The molecule has 10 heteroatoms. The largest absolute Gasteiger partial charge is 0.497 e. The number of hydrogen-bond acceptors (Lipinski definition) is 8. The van der Waals surface area contributed by atoms with Crippen molar-refractivity contribution in [2.45, 2.75) is 0 Å². The van der Waals surface area contributed by atoms with Crippen LogP contribution >= 0.6 is 0 Å². The highest BCUT2D eigenvalue weighted by Gasteiger charge is 2.22. The van der Waals surface area contributed by atoms with Gasteiger partial charge in [0.25, 0.3) is 5.56 Å². The van der Waals surface area contributed by atoms with Crippen LogP contribution in [-0.4, -0.2) is 41.7 Å². The molecule has 0 atom stereocenters. The minimum Gasteiger partial charge on any atom is -0.497 e. The maximum Gasteiger partial charge on any atom is 0.338 e. The van der Waals surface area contributed by atoms with E-state index in [1.165, 1.54) is 40.4 Å². The molecule has 1 aromatic carbocycles. The van der Waals surface area contributed by atoms with E-state index in [4.69, 9.17) is 19.9 Å². The first-order valence-corrected chi connectivity index (χ1v) is 7.70. The predicted octanol–water partition coefficient (Wildman–Crippen LogP) is -0.277. The standard InChI is InChI=1S/C17H19N3O7/c1-19-14(18)13(15(22)20(2)17(19)24)12(21)8-27-16(23)9-5-10(25-3)7-11(6-9)26-4/h5-7H,8,18H2,1-4H3. The average molecular weight is 377 g/mol. The van der Waals surface area contributed by atoms with Gasteiger partial charge in [-0.25, -0.2) is 9.59 Å². The van der Waals surface area contributed by atoms with Gasteiger partial charge in [0, 0.05) is 20.2 Å². The van der Waals surface area contributed by atoms with Gasteiger partial charge in [-0.2, -0.15) is 0 Å². The number of nitrogen functional groups attached to an aromatic ring is 1. The molecule has 0 saturated carbocycles. The van der Waals surface area contributed by atoms with Crippen LogP contribution in [0.4, 0.5) is 5.82 Å². The number of hydrogen-bond donors (Lipinski definition) is 1. The van der Waals surface area contributed by atoms with Gasteiger partial charge in [0.2, 0.25) is 5.78 Å². The van der Waals surface area contributed by atoms with Gasteiger partial charge in [0.1, 0.15) is 22.9 Å². The zero-order valence-corrected chi connectivity index (χ0v) is 15.3. The molecule has 10 nitrogen and oxygen atoms in total. The van der Waals surface area contributed by atoms with Crippen molar-refractivity contribution < 1.29 is 23.8 Å². The van der Waals surface area contributed by atoms with Crippen LogP contribution in [-0.2, 0) is 18.8 Å². The summed E-state index contributed by atoms with van der Waals surface area (Å²) in [5, 5.41) is 0. The summed E-state index contributed by atoms with van der Waals surface area (Å²) in [6, 6.07) is 4.39. The molecule has 2 N–H and O–H groups in total. The molecule has 0 spiro atoms. The van der Waals surface area contributed by atoms with Crippen LogP contribution in [0.1, 0.15) is 20.7 Å². The van der Waals surface area contributed by atoms with E-state index < -0.39 is 35.2 Å². The lowest BCUT2D eigenvalue weighted by Gasteiger charge is -2.11. The highest BCUT2D eigenvalue weighted by atomic mass is 16.5. The Hall–Kier alpha value is -3.56. The van der Waals surface area contributed by atoms with Crippen LogP contribution in [0.5, 0.6) is 11.5 Å². The first-order chi connectivity index (χ1) is 12.7. The summed E-state index contributed by atoms with van der Waals surface area (Å²) in [6.45, 7) is -0.726. The number of carbonyl (C=O) groups is 2. The number of anilines is 1. The number of methoxy groups -OCH3 is 2. The van der Waals surface area contributed by atoms with E-state index in [0.717, 1.165) is 9.13 Å². The summed E-state index contributed by atoms with van der Waals surface area (Å²) in [7, 11) is 5.38. The summed E-state index contributed by atoms with van der Waals surface area (Å²) in [6.07, 6.45) is 0. The summed E-state index contributed by atoms with van der Waals surface area (Å²) in [4.78, 5) is 48.5. The Balaban J connectivity index is 2.25. The Morgan fingerprint density at radius 2 is 1.56 bits per heavy atom. The van der Waals surface area contributed by atoms with Crippen molar-refractivity contribution in [1.82, 2.24) is 9.13 Å². The van der Waals surface area contributed by atoms with Crippen LogP contribution in [0.2, 0.25) is 0 Å². The lowest BCUT2D eigenvalue weighted by atomic mass is 10.2. The minimum absolute atomic E-state index is 0.0975. The number of ether oxygens (including phenoxy) is 3. The van der Waals surface area contributed by atoms with E-state index in [9.17, 15) is 19.2 Å². The summed E-state index contributed by atoms with van der Waals surface area (Å²) >= 11 is 0. The van der Waals surface area contributed by atoms with E-state index in [0.29, 0.717) is 11.5 Å². The second-order valence-electron chi connectivity index (χ2n) is 5.57. The number of Topliss-reactive ketones (excluding diaryl/α,β-unsaturated/α-hetero) is 1. The molecule has 0 fully saturated rings. The highest BCUT2D eigenvalue weighted by molar-refractivity contribution is 6.02. The summed E-state index contributed by atoms with van der Waals surface area (Å²) in [5.74, 6) is -1.22. The second-order valence-corrected chi connectivity index (χ2v) is 5.57. The maximum absolute atomic E-state index is 12.3. The number of esters is 1. The van der Waals surface area contributed by atoms with Gasteiger partial charge in [-0.15, -0.1) is 0 Å². The Morgan fingerprint density at radius 1 is 1.00 bits per heavy atom. The van der Waals surface area contributed by atoms with Gasteiger partial charge in [-0.3, -0.25) is 18.7 Å². The second kappa shape index (κ2) is 7.77. The molecule has 0 radical (unpaired) electrons. The molecule has 2 rings (SSSR count). The molecule has 0 amide bonds. The number of benzene rings is 1. The van der Waals surface area contributed by atoms with Crippen LogP contribution in [0.25, 0.3) is 0 Å². The van der Waals surface area contributed by atoms with E-state index in [1.807, 2.05) is 0 Å². The quantitative estimate of drug-likeness (QED) is 0.537. The zero-order chi connectivity index (χ0) is 20.3. The number of aromatic nitrogens is 2. The first-order valence-electron chi connectivity index (χ1n) is 7.70. The fourth-order valence-electron chi connectivity index (χ4n) is 2.33. The van der Waals surface area contributed by atoms with Gasteiger partial charge in [0.05, 0.1) is 19.8 Å². The first kappa shape index (κ1) is 19.8. The van der Waals surface area contributed by atoms with E-state index >= 15 is 0 Å².